The number of carbonyl (C=O) groups is 2. The second-order valence-electron chi connectivity index (χ2n) is 6.95. The number of aliphatic hydroxyl groups excluding tert-OH is 1. The van der Waals surface area contributed by atoms with Crippen LogP contribution in [0.2, 0.25) is 0 Å². The van der Waals surface area contributed by atoms with Crippen molar-refractivity contribution in [2.24, 2.45) is 0 Å². The summed E-state index contributed by atoms with van der Waals surface area (Å²) in [6.45, 7) is -0.431. The van der Waals surface area contributed by atoms with Crippen LogP contribution in [-0.4, -0.2) is 41.1 Å². The topological polar surface area (TPSA) is 91.8 Å². The molecule has 0 unspecified atom stereocenters. The van der Waals surface area contributed by atoms with E-state index in [-0.39, 0.29) is 30.8 Å². The number of hydrogen-bond donors (Lipinski definition) is 2. The molecule has 0 radical (unpaired) electrons. The smallest absolute Gasteiger partial charge is 0.262 e. The third-order valence-corrected chi connectivity index (χ3v) is 4.82. The summed E-state index contributed by atoms with van der Waals surface area (Å²) in [5, 5.41) is 12.5. The third-order valence-electron chi connectivity index (χ3n) is 4.82. The molecule has 4 rings (SSSR count). The predicted molar refractivity (Wildman–Crippen MR) is 112 cm³/mol. The highest BCUT2D eigenvalue weighted by Crippen LogP contribution is 2.36. The van der Waals surface area contributed by atoms with Crippen LogP contribution in [0.15, 0.2) is 72.9 Å². The molecule has 2 amide bonds. The van der Waals surface area contributed by atoms with Crippen molar-refractivity contribution >= 4 is 17.5 Å². The molecule has 0 bridgehead atoms. The molecule has 7 nitrogen and oxygen atoms in total. The normalized spacial score (nSPS) is 13.5. The molecule has 1 aliphatic heterocycles. The van der Waals surface area contributed by atoms with Gasteiger partial charge in [0.25, 0.3) is 5.91 Å². The molecular formula is C23H21N3O4. The van der Waals surface area contributed by atoms with Crippen molar-refractivity contribution in [1.82, 2.24) is 10.3 Å². The highest BCUT2D eigenvalue weighted by Gasteiger charge is 2.30. The van der Waals surface area contributed by atoms with Crippen molar-refractivity contribution in [3.63, 3.8) is 0 Å². The van der Waals surface area contributed by atoms with Gasteiger partial charge in [-0.25, -0.2) is 4.98 Å². The van der Waals surface area contributed by atoms with Crippen LogP contribution in [0.5, 0.6) is 11.6 Å². The lowest BCUT2D eigenvalue weighted by atomic mass is 10.1. The number of amides is 2. The van der Waals surface area contributed by atoms with Gasteiger partial charge in [-0.3, -0.25) is 14.5 Å². The number of pyridine rings is 1. The molecule has 0 saturated heterocycles. The minimum atomic E-state index is -0.459. The lowest BCUT2D eigenvalue weighted by Gasteiger charge is -2.23. The van der Waals surface area contributed by atoms with E-state index in [0.29, 0.717) is 23.4 Å². The van der Waals surface area contributed by atoms with Crippen molar-refractivity contribution in [3.8, 4) is 11.6 Å². The fourth-order valence-electron chi connectivity index (χ4n) is 3.39. The molecule has 0 aliphatic carbocycles. The second kappa shape index (κ2) is 8.75. The maximum Gasteiger partial charge on any atom is 0.262 e. The minimum Gasteiger partial charge on any atom is -0.436 e. The predicted octanol–water partition coefficient (Wildman–Crippen LogP) is 2.55. The Balaban J connectivity index is 1.55. The number of rotatable bonds is 6. The molecule has 0 saturated carbocycles. The van der Waals surface area contributed by atoms with Crippen molar-refractivity contribution in [2.75, 3.05) is 18.1 Å². The lowest BCUT2D eigenvalue weighted by Crippen LogP contribution is -2.46. The second-order valence-corrected chi connectivity index (χ2v) is 6.95. The summed E-state index contributed by atoms with van der Waals surface area (Å²) in [5.74, 6) is -0.0853. The van der Waals surface area contributed by atoms with Gasteiger partial charge in [-0.1, -0.05) is 42.5 Å². The number of nitrogens with one attached hydrogen (secondary N) is 1. The average Bonchev–Trinajstić information content (AvgIpc) is 2.89. The van der Waals surface area contributed by atoms with Crippen molar-refractivity contribution in [3.05, 3.63) is 84.1 Å². The molecule has 1 aliphatic rings. The van der Waals surface area contributed by atoms with Gasteiger partial charge in [0.1, 0.15) is 18.0 Å². The van der Waals surface area contributed by atoms with Gasteiger partial charge < -0.3 is 15.2 Å². The van der Waals surface area contributed by atoms with E-state index in [0.717, 1.165) is 5.56 Å². The van der Waals surface area contributed by atoms with Crippen LogP contribution in [0, 0.1) is 0 Å². The Morgan fingerprint density at radius 1 is 1.07 bits per heavy atom. The van der Waals surface area contributed by atoms with E-state index >= 15 is 0 Å². The summed E-state index contributed by atoms with van der Waals surface area (Å²) >= 11 is 0. The molecule has 1 atom stereocenters. The lowest BCUT2D eigenvalue weighted by molar-refractivity contribution is -0.120. The number of fused-ring (bicyclic) bond motifs is 2. The van der Waals surface area contributed by atoms with E-state index in [1.54, 1.807) is 42.6 Å². The van der Waals surface area contributed by atoms with Crippen LogP contribution in [0.25, 0.3) is 0 Å². The van der Waals surface area contributed by atoms with Gasteiger partial charge in [0, 0.05) is 6.20 Å². The first-order valence-corrected chi connectivity index (χ1v) is 9.63. The number of ether oxygens (including phenoxy) is 1. The zero-order chi connectivity index (χ0) is 20.9. The first-order chi connectivity index (χ1) is 14.7. The largest absolute Gasteiger partial charge is 0.436 e. The number of aromatic nitrogens is 1. The summed E-state index contributed by atoms with van der Waals surface area (Å²) in [6.07, 6.45) is 2.05. The maximum absolute atomic E-state index is 13.2. The standard InChI is InChI=1S/C23H21N3O4/c27-15-17(13-16-7-2-1-3-8-16)25-21(28)14-26-19-10-6-12-24-22(19)30-20-11-5-4-9-18(20)23(26)29/h1-12,17,27H,13-15H2,(H,25,28)/t17-/m1/s1. The Morgan fingerprint density at radius 2 is 1.83 bits per heavy atom. The Bertz CT molecular complexity index is 1060. The molecule has 1 aromatic heterocycles. The van der Waals surface area contributed by atoms with Crippen molar-refractivity contribution < 1.29 is 19.4 Å². The number of hydrogen-bond acceptors (Lipinski definition) is 5. The Morgan fingerprint density at radius 3 is 2.63 bits per heavy atom. The zero-order valence-corrected chi connectivity index (χ0v) is 16.2. The van der Waals surface area contributed by atoms with Gasteiger partial charge >= 0.3 is 0 Å². The van der Waals surface area contributed by atoms with Crippen LogP contribution >= 0.6 is 0 Å². The van der Waals surface area contributed by atoms with Crippen molar-refractivity contribution in [1.29, 1.82) is 0 Å². The maximum atomic E-state index is 13.2. The number of carbonyl (C=O) groups excluding carboxylic acids is 2. The van der Waals surface area contributed by atoms with E-state index in [9.17, 15) is 14.7 Å². The van der Waals surface area contributed by atoms with Gasteiger partial charge in [0.15, 0.2) is 0 Å². The van der Waals surface area contributed by atoms with Crippen LogP contribution in [0.1, 0.15) is 15.9 Å². The quantitative estimate of drug-likeness (QED) is 0.660. The number of benzene rings is 2. The zero-order valence-electron chi connectivity index (χ0n) is 16.2. The summed E-state index contributed by atoms with van der Waals surface area (Å²) in [4.78, 5) is 31.5. The van der Waals surface area contributed by atoms with Gasteiger partial charge in [0.2, 0.25) is 11.8 Å². The molecule has 3 aromatic rings. The van der Waals surface area contributed by atoms with Gasteiger partial charge in [-0.2, -0.15) is 0 Å². The first-order valence-electron chi connectivity index (χ1n) is 9.63. The van der Waals surface area contributed by atoms with E-state index in [1.165, 1.54) is 4.90 Å². The van der Waals surface area contributed by atoms with Crippen LogP contribution in [0.3, 0.4) is 0 Å². The molecule has 0 fully saturated rings. The molecule has 2 aromatic carbocycles. The highest BCUT2D eigenvalue weighted by atomic mass is 16.5. The fourth-order valence-corrected chi connectivity index (χ4v) is 3.39. The summed E-state index contributed by atoms with van der Waals surface area (Å²) in [7, 11) is 0. The van der Waals surface area contributed by atoms with Gasteiger partial charge in [-0.15, -0.1) is 0 Å². The van der Waals surface area contributed by atoms with E-state index in [1.807, 2.05) is 30.3 Å². The molecule has 0 spiro atoms. The summed E-state index contributed by atoms with van der Waals surface area (Å²) in [6, 6.07) is 19.4. The van der Waals surface area contributed by atoms with Crippen LogP contribution < -0.4 is 15.0 Å². The molecule has 2 N–H and O–H groups in total. The Labute approximate surface area is 173 Å². The number of nitrogens with zero attached hydrogens (tertiary/aromatic N) is 2. The first kappa shape index (κ1) is 19.6. The van der Waals surface area contributed by atoms with Crippen molar-refractivity contribution in [2.45, 2.75) is 12.5 Å². The molecule has 30 heavy (non-hydrogen) atoms. The Kier molecular flexibility index (Phi) is 5.72. The number of para-hydroxylation sites is 1. The SMILES string of the molecule is O=C(CN1C(=O)c2ccccc2Oc2ncccc21)N[C@@H](CO)Cc1ccccc1. The van der Waals surface area contributed by atoms with Gasteiger partial charge in [0.05, 0.1) is 18.2 Å². The van der Waals surface area contributed by atoms with E-state index in [4.69, 9.17) is 4.74 Å². The third kappa shape index (κ3) is 4.16. The minimum absolute atomic E-state index is 0.210. The van der Waals surface area contributed by atoms with Gasteiger partial charge in [-0.05, 0) is 36.2 Å². The highest BCUT2D eigenvalue weighted by molar-refractivity contribution is 6.11. The number of anilines is 1. The Hall–Kier alpha value is -3.71. The molecular weight excluding hydrogens is 382 g/mol. The summed E-state index contributed by atoms with van der Waals surface area (Å²) in [5.41, 5.74) is 1.77. The average molecular weight is 403 g/mol. The van der Waals surface area contributed by atoms with E-state index < -0.39 is 6.04 Å². The number of aliphatic hydroxyl groups is 1. The monoisotopic (exact) mass is 403 g/mol. The molecule has 2 heterocycles. The molecule has 152 valence electrons. The van der Waals surface area contributed by atoms with E-state index in [2.05, 4.69) is 10.3 Å². The molecule has 7 heteroatoms. The summed E-state index contributed by atoms with van der Waals surface area (Å²) < 4.78 is 5.82. The van der Waals surface area contributed by atoms with Crippen LogP contribution in [0.4, 0.5) is 5.69 Å². The fraction of sp³-hybridized carbons (Fsp3) is 0.174. The van der Waals surface area contributed by atoms with Crippen LogP contribution in [-0.2, 0) is 11.2 Å².